The Morgan fingerprint density at radius 2 is 2.20 bits per heavy atom. The summed E-state index contributed by atoms with van der Waals surface area (Å²) in [5.41, 5.74) is 2.36. The number of nitrogens with one attached hydrogen (secondary N) is 3. The largest absolute Gasteiger partial charge is 0.383 e. The summed E-state index contributed by atoms with van der Waals surface area (Å²) in [4.78, 5) is 21.1. The van der Waals surface area contributed by atoms with Crippen molar-refractivity contribution < 1.29 is 9.53 Å². The molecule has 0 spiro atoms. The lowest BCUT2D eigenvalue weighted by Crippen LogP contribution is -2.37. The van der Waals surface area contributed by atoms with Crippen LogP contribution in [0.4, 0.5) is 11.6 Å². The van der Waals surface area contributed by atoms with Gasteiger partial charge in [0.05, 0.1) is 23.5 Å². The van der Waals surface area contributed by atoms with Gasteiger partial charge < -0.3 is 15.4 Å². The highest BCUT2D eigenvalue weighted by atomic mass is 16.5. The van der Waals surface area contributed by atoms with E-state index in [0.29, 0.717) is 17.9 Å². The number of aromatic nitrogens is 4. The van der Waals surface area contributed by atoms with Crippen LogP contribution in [-0.2, 0) is 9.53 Å². The molecule has 1 amide bonds. The second-order valence-corrected chi connectivity index (χ2v) is 8.40. The van der Waals surface area contributed by atoms with Crippen molar-refractivity contribution in [3.8, 4) is 11.4 Å². The van der Waals surface area contributed by atoms with Crippen molar-refractivity contribution in [3.63, 3.8) is 0 Å². The fourth-order valence-corrected chi connectivity index (χ4v) is 3.79. The first-order valence-electron chi connectivity index (χ1n) is 10.6. The van der Waals surface area contributed by atoms with Gasteiger partial charge in [-0.15, -0.1) is 5.10 Å². The van der Waals surface area contributed by atoms with Crippen molar-refractivity contribution >= 4 is 17.5 Å². The normalized spacial score (nSPS) is 21.0. The van der Waals surface area contributed by atoms with E-state index in [1.807, 2.05) is 6.07 Å². The Morgan fingerprint density at radius 3 is 3.00 bits per heavy atom. The zero-order valence-corrected chi connectivity index (χ0v) is 17.4. The highest BCUT2D eigenvalue weighted by molar-refractivity contribution is 5.91. The maximum absolute atomic E-state index is 12.5. The molecule has 0 aliphatic carbocycles. The molecule has 2 aliphatic heterocycles. The van der Waals surface area contributed by atoms with Gasteiger partial charge in [0, 0.05) is 32.5 Å². The summed E-state index contributed by atoms with van der Waals surface area (Å²) in [6, 6.07) is 3.69. The van der Waals surface area contributed by atoms with E-state index in [4.69, 9.17) is 4.74 Å². The van der Waals surface area contributed by atoms with Crippen LogP contribution in [0, 0.1) is 11.3 Å². The Labute approximate surface area is 176 Å². The van der Waals surface area contributed by atoms with Crippen LogP contribution in [0.3, 0.4) is 0 Å². The molecule has 2 aromatic heterocycles. The smallest absolute Gasteiger partial charge is 0.231 e. The van der Waals surface area contributed by atoms with Crippen molar-refractivity contribution in [2.45, 2.75) is 32.6 Å². The van der Waals surface area contributed by atoms with Gasteiger partial charge in [-0.2, -0.15) is 5.10 Å². The average Bonchev–Trinajstić information content (AvgIpc) is 2.79. The van der Waals surface area contributed by atoms with Crippen LogP contribution < -0.4 is 16.0 Å². The molecule has 2 aliphatic rings. The molecule has 4 rings (SSSR count). The van der Waals surface area contributed by atoms with Crippen molar-refractivity contribution in [2.24, 2.45) is 11.3 Å². The summed E-state index contributed by atoms with van der Waals surface area (Å²) in [6.07, 6.45) is 7.30. The first-order chi connectivity index (χ1) is 14.6. The lowest BCUT2D eigenvalue weighted by atomic mass is 9.82. The predicted octanol–water partition coefficient (Wildman–Crippen LogP) is 2.10. The number of nitrogens with zero attached hydrogens (tertiary/aromatic N) is 4. The predicted molar refractivity (Wildman–Crippen MR) is 114 cm³/mol. The number of hydrogen-bond donors (Lipinski definition) is 3. The van der Waals surface area contributed by atoms with E-state index in [-0.39, 0.29) is 23.2 Å². The SMILES string of the molecule is CC1(CNc2cnnc(-c3ccnc(NC(=O)[C@@H]4CCCNC4)n3)c2)CCOCC1. The first-order valence-corrected chi connectivity index (χ1v) is 10.6. The van der Waals surface area contributed by atoms with Crippen LogP contribution >= 0.6 is 0 Å². The van der Waals surface area contributed by atoms with Crippen molar-refractivity contribution in [1.82, 2.24) is 25.5 Å². The van der Waals surface area contributed by atoms with Gasteiger partial charge in [0.2, 0.25) is 11.9 Å². The number of anilines is 2. The quantitative estimate of drug-likeness (QED) is 0.662. The molecule has 0 radical (unpaired) electrons. The van der Waals surface area contributed by atoms with Crippen LogP contribution in [0.5, 0.6) is 0 Å². The number of hydrogen-bond acceptors (Lipinski definition) is 8. The minimum absolute atomic E-state index is 0.0504. The van der Waals surface area contributed by atoms with Gasteiger partial charge >= 0.3 is 0 Å². The molecule has 2 fully saturated rings. The fraction of sp³-hybridized carbons (Fsp3) is 0.571. The third-order valence-corrected chi connectivity index (χ3v) is 5.89. The van der Waals surface area contributed by atoms with Gasteiger partial charge in [-0.25, -0.2) is 9.97 Å². The highest BCUT2D eigenvalue weighted by Crippen LogP contribution is 2.30. The van der Waals surface area contributed by atoms with Crippen molar-refractivity contribution in [3.05, 3.63) is 24.5 Å². The van der Waals surface area contributed by atoms with Gasteiger partial charge in [-0.05, 0) is 49.8 Å². The molecule has 0 bridgehead atoms. The summed E-state index contributed by atoms with van der Waals surface area (Å²) in [5.74, 6) is 0.188. The van der Waals surface area contributed by atoms with E-state index in [0.717, 1.165) is 57.7 Å². The van der Waals surface area contributed by atoms with E-state index in [9.17, 15) is 4.79 Å². The number of carbonyl (C=O) groups is 1. The third kappa shape index (κ3) is 5.28. The Bertz CT molecular complexity index is 864. The minimum atomic E-state index is -0.0510. The molecule has 0 unspecified atom stereocenters. The summed E-state index contributed by atoms with van der Waals surface area (Å²) >= 11 is 0. The zero-order valence-electron chi connectivity index (χ0n) is 17.4. The maximum atomic E-state index is 12.5. The summed E-state index contributed by atoms with van der Waals surface area (Å²) < 4.78 is 5.47. The molecule has 4 heterocycles. The van der Waals surface area contributed by atoms with Crippen LogP contribution in [0.2, 0.25) is 0 Å². The molecule has 2 saturated heterocycles. The van der Waals surface area contributed by atoms with Crippen LogP contribution in [0.1, 0.15) is 32.6 Å². The number of carbonyl (C=O) groups excluding carboxylic acids is 1. The standard InChI is InChI=1S/C21H29N7O2/c1-21(5-9-30-10-6-21)14-24-16-11-18(28-25-13-16)17-4-8-23-20(26-17)27-19(29)15-3-2-7-22-12-15/h4,8,11,13,15,22H,2-3,5-7,9-10,12,14H2,1H3,(H,24,28)(H,23,26,27,29)/t15-/m1/s1. The third-order valence-electron chi connectivity index (χ3n) is 5.89. The lowest BCUT2D eigenvalue weighted by molar-refractivity contribution is -0.120. The Hall–Kier alpha value is -2.65. The number of rotatable bonds is 6. The van der Waals surface area contributed by atoms with Gasteiger partial charge in [0.25, 0.3) is 0 Å². The monoisotopic (exact) mass is 411 g/mol. The average molecular weight is 412 g/mol. The topological polar surface area (TPSA) is 114 Å². The molecule has 2 aromatic rings. The second kappa shape index (κ2) is 9.44. The molecule has 3 N–H and O–H groups in total. The Kier molecular flexibility index (Phi) is 6.49. The summed E-state index contributed by atoms with van der Waals surface area (Å²) in [5, 5.41) is 17.9. The number of amides is 1. The van der Waals surface area contributed by atoms with Crippen LogP contribution in [0.15, 0.2) is 24.5 Å². The molecular formula is C21H29N7O2. The Morgan fingerprint density at radius 1 is 1.33 bits per heavy atom. The molecular weight excluding hydrogens is 382 g/mol. The molecule has 0 saturated carbocycles. The van der Waals surface area contributed by atoms with Crippen molar-refractivity contribution in [2.75, 3.05) is 43.5 Å². The lowest BCUT2D eigenvalue weighted by Gasteiger charge is -2.33. The Balaban J connectivity index is 1.41. The molecule has 0 aromatic carbocycles. The molecule has 9 heteroatoms. The van der Waals surface area contributed by atoms with E-state index in [1.54, 1.807) is 18.5 Å². The van der Waals surface area contributed by atoms with E-state index in [1.165, 1.54) is 0 Å². The van der Waals surface area contributed by atoms with Crippen LogP contribution in [-0.4, -0.2) is 58.9 Å². The van der Waals surface area contributed by atoms with E-state index < -0.39 is 0 Å². The van der Waals surface area contributed by atoms with E-state index in [2.05, 4.69) is 43.0 Å². The zero-order chi connectivity index (χ0) is 20.8. The van der Waals surface area contributed by atoms with Gasteiger partial charge in [-0.1, -0.05) is 6.92 Å². The van der Waals surface area contributed by atoms with E-state index >= 15 is 0 Å². The van der Waals surface area contributed by atoms with Gasteiger partial charge in [0.15, 0.2) is 0 Å². The van der Waals surface area contributed by atoms with Gasteiger partial charge in [0.1, 0.15) is 5.69 Å². The summed E-state index contributed by atoms with van der Waals surface area (Å²) in [7, 11) is 0. The molecule has 9 nitrogen and oxygen atoms in total. The first kappa shape index (κ1) is 20.6. The summed E-state index contributed by atoms with van der Waals surface area (Å²) in [6.45, 7) is 6.40. The molecule has 30 heavy (non-hydrogen) atoms. The fourth-order valence-electron chi connectivity index (χ4n) is 3.79. The molecule has 160 valence electrons. The van der Waals surface area contributed by atoms with Gasteiger partial charge in [-0.3, -0.25) is 10.1 Å². The number of piperidine rings is 1. The highest BCUT2D eigenvalue weighted by Gasteiger charge is 2.27. The number of ether oxygens (including phenoxy) is 1. The van der Waals surface area contributed by atoms with Crippen LogP contribution in [0.25, 0.3) is 11.4 Å². The minimum Gasteiger partial charge on any atom is -0.383 e. The second-order valence-electron chi connectivity index (χ2n) is 8.40. The van der Waals surface area contributed by atoms with Crippen molar-refractivity contribution in [1.29, 1.82) is 0 Å². The molecule has 1 atom stereocenters. The maximum Gasteiger partial charge on any atom is 0.231 e.